The number of benzene rings is 2. The van der Waals surface area contributed by atoms with Crippen LogP contribution in [-0.4, -0.2) is 31.4 Å². The molecule has 1 amide bonds. The first-order valence-corrected chi connectivity index (χ1v) is 8.54. The van der Waals surface area contributed by atoms with Crippen molar-refractivity contribution in [2.45, 2.75) is 13.3 Å². The van der Waals surface area contributed by atoms with Gasteiger partial charge in [0, 0.05) is 9.13 Å². The average molecular weight is 454 g/mol. The highest BCUT2D eigenvalue weighted by Crippen LogP contribution is 2.27. The molecule has 0 saturated heterocycles. The first kappa shape index (κ1) is 19.0. The highest BCUT2D eigenvalue weighted by atomic mass is 127. The number of hydrogen-bond donors (Lipinski definition) is 2. The fourth-order valence-corrected chi connectivity index (χ4v) is 3.05. The van der Waals surface area contributed by atoms with E-state index in [-0.39, 0.29) is 18.1 Å². The Labute approximate surface area is 160 Å². The molecular weight excluding hydrogens is 435 g/mol. The zero-order valence-electron chi connectivity index (χ0n) is 14.2. The summed E-state index contributed by atoms with van der Waals surface area (Å²) >= 11 is 2.16. The van der Waals surface area contributed by atoms with Crippen molar-refractivity contribution in [3.63, 3.8) is 0 Å². The van der Waals surface area contributed by atoms with Crippen LogP contribution in [0, 0.1) is 10.5 Å². The number of amides is 1. The molecule has 0 saturated carbocycles. The van der Waals surface area contributed by atoms with E-state index in [2.05, 4.69) is 33.1 Å². The number of aromatic hydroxyl groups is 1. The van der Waals surface area contributed by atoms with Gasteiger partial charge < -0.3 is 14.6 Å². The van der Waals surface area contributed by atoms with Gasteiger partial charge in [0.25, 0.3) is 0 Å². The lowest BCUT2D eigenvalue weighted by Gasteiger charge is -2.09. The van der Waals surface area contributed by atoms with Gasteiger partial charge in [0.1, 0.15) is 5.75 Å². The van der Waals surface area contributed by atoms with Crippen LogP contribution in [0.25, 0.3) is 0 Å². The standard InChI is InChI=1S/C18H19IN2O4/c1-11-6-14(19)9-13(18(11)23)10-20-21-17(22)8-12-4-5-15(24-2)16(7-12)25-3/h4-7,9-10,23H,8H2,1-3H3,(H,21,22)/b20-10+. The molecule has 0 fully saturated rings. The van der Waals surface area contributed by atoms with Crippen LogP contribution in [0.4, 0.5) is 0 Å². The summed E-state index contributed by atoms with van der Waals surface area (Å²) in [6.07, 6.45) is 1.58. The number of halogens is 1. The molecule has 0 heterocycles. The fourth-order valence-electron chi connectivity index (χ4n) is 2.25. The van der Waals surface area contributed by atoms with Crippen LogP contribution in [0.1, 0.15) is 16.7 Å². The number of ether oxygens (including phenoxy) is 2. The molecule has 25 heavy (non-hydrogen) atoms. The Kier molecular flexibility index (Phi) is 6.63. The van der Waals surface area contributed by atoms with Crippen molar-refractivity contribution < 1.29 is 19.4 Å². The lowest BCUT2D eigenvalue weighted by atomic mass is 10.1. The summed E-state index contributed by atoms with van der Waals surface area (Å²) in [7, 11) is 3.10. The molecule has 0 bridgehead atoms. The van der Waals surface area contributed by atoms with E-state index >= 15 is 0 Å². The number of nitrogens with one attached hydrogen (secondary N) is 1. The maximum atomic E-state index is 12.0. The Morgan fingerprint density at radius 1 is 1.24 bits per heavy atom. The average Bonchev–Trinajstić information content (AvgIpc) is 2.58. The van der Waals surface area contributed by atoms with Crippen molar-refractivity contribution in [3.05, 3.63) is 50.6 Å². The van der Waals surface area contributed by atoms with E-state index in [0.29, 0.717) is 17.1 Å². The van der Waals surface area contributed by atoms with Crippen LogP contribution < -0.4 is 14.9 Å². The molecule has 2 rings (SSSR count). The molecule has 0 aliphatic carbocycles. The van der Waals surface area contributed by atoms with Crippen molar-refractivity contribution in [1.82, 2.24) is 5.43 Å². The van der Waals surface area contributed by atoms with Gasteiger partial charge in [-0.2, -0.15) is 5.10 Å². The molecular formula is C18H19IN2O4. The van der Waals surface area contributed by atoms with Crippen LogP contribution in [-0.2, 0) is 11.2 Å². The maximum Gasteiger partial charge on any atom is 0.244 e. The van der Waals surface area contributed by atoms with Gasteiger partial charge in [-0.05, 0) is 64.9 Å². The third kappa shape index (κ3) is 5.09. The molecule has 7 heteroatoms. The van der Waals surface area contributed by atoms with E-state index in [9.17, 15) is 9.90 Å². The predicted octanol–water partition coefficient (Wildman–Crippen LogP) is 3.02. The molecule has 6 nitrogen and oxygen atoms in total. The van der Waals surface area contributed by atoms with E-state index < -0.39 is 0 Å². The summed E-state index contributed by atoms with van der Waals surface area (Å²) in [4.78, 5) is 12.0. The summed E-state index contributed by atoms with van der Waals surface area (Å²) in [5.74, 6) is 1.05. The summed E-state index contributed by atoms with van der Waals surface area (Å²) in [5.41, 5.74) is 4.54. The van der Waals surface area contributed by atoms with Gasteiger partial charge in [-0.3, -0.25) is 4.79 Å². The Balaban J connectivity index is 2.01. The van der Waals surface area contributed by atoms with E-state index in [1.165, 1.54) is 6.21 Å². The van der Waals surface area contributed by atoms with Gasteiger partial charge in [0.05, 0.1) is 26.9 Å². The molecule has 2 aromatic carbocycles. The van der Waals surface area contributed by atoms with Crippen molar-refractivity contribution in [2.75, 3.05) is 14.2 Å². The summed E-state index contributed by atoms with van der Waals surface area (Å²) < 4.78 is 11.4. The number of nitrogens with zero attached hydrogens (tertiary/aromatic N) is 1. The summed E-state index contributed by atoms with van der Waals surface area (Å²) in [6.45, 7) is 1.81. The molecule has 0 spiro atoms. The summed E-state index contributed by atoms with van der Waals surface area (Å²) in [6, 6.07) is 8.93. The van der Waals surface area contributed by atoms with Crippen LogP contribution in [0.3, 0.4) is 0 Å². The summed E-state index contributed by atoms with van der Waals surface area (Å²) in [5, 5.41) is 13.9. The number of carbonyl (C=O) groups is 1. The van der Waals surface area contributed by atoms with Crippen LogP contribution in [0.2, 0.25) is 0 Å². The SMILES string of the molecule is COc1ccc(CC(=O)N/N=C/c2cc(I)cc(C)c2O)cc1OC. The number of carbonyl (C=O) groups excluding carboxylic acids is 1. The van der Waals surface area contributed by atoms with Crippen molar-refractivity contribution in [2.24, 2.45) is 5.10 Å². The van der Waals surface area contributed by atoms with Gasteiger partial charge in [-0.25, -0.2) is 5.43 Å². The van der Waals surface area contributed by atoms with Gasteiger partial charge in [-0.1, -0.05) is 6.07 Å². The second-order valence-corrected chi connectivity index (χ2v) is 6.57. The minimum atomic E-state index is -0.273. The molecule has 132 valence electrons. The highest BCUT2D eigenvalue weighted by Gasteiger charge is 2.08. The quantitative estimate of drug-likeness (QED) is 0.400. The van der Waals surface area contributed by atoms with Crippen LogP contribution in [0.5, 0.6) is 17.2 Å². The predicted molar refractivity (Wildman–Crippen MR) is 105 cm³/mol. The van der Waals surface area contributed by atoms with E-state index in [1.807, 2.05) is 13.0 Å². The van der Waals surface area contributed by atoms with Crippen molar-refractivity contribution in [1.29, 1.82) is 0 Å². The zero-order chi connectivity index (χ0) is 18.4. The lowest BCUT2D eigenvalue weighted by molar-refractivity contribution is -0.120. The first-order chi connectivity index (χ1) is 11.9. The third-order valence-corrected chi connectivity index (χ3v) is 4.12. The second-order valence-electron chi connectivity index (χ2n) is 5.32. The molecule has 0 aliphatic rings. The van der Waals surface area contributed by atoms with E-state index in [4.69, 9.17) is 9.47 Å². The molecule has 0 radical (unpaired) electrons. The Hall–Kier alpha value is -2.29. The number of rotatable bonds is 6. The normalized spacial score (nSPS) is 10.7. The first-order valence-electron chi connectivity index (χ1n) is 7.46. The highest BCUT2D eigenvalue weighted by molar-refractivity contribution is 14.1. The van der Waals surface area contributed by atoms with Gasteiger partial charge >= 0.3 is 0 Å². The number of methoxy groups -OCH3 is 2. The Bertz CT molecular complexity index is 806. The molecule has 2 aromatic rings. The monoisotopic (exact) mass is 454 g/mol. The Morgan fingerprint density at radius 3 is 2.64 bits per heavy atom. The number of hydrogen-bond acceptors (Lipinski definition) is 5. The van der Waals surface area contributed by atoms with Crippen LogP contribution >= 0.6 is 22.6 Å². The second kappa shape index (κ2) is 8.70. The number of hydrazone groups is 1. The maximum absolute atomic E-state index is 12.0. The topological polar surface area (TPSA) is 80.2 Å². The Morgan fingerprint density at radius 2 is 1.96 bits per heavy atom. The van der Waals surface area contributed by atoms with Crippen molar-refractivity contribution >= 4 is 34.7 Å². The number of phenols is 1. The molecule has 0 aromatic heterocycles. The van der Waals surface area contributed by atoms with Gasteiger partial charge in [0.15, 0.2) is 11.5 Å². The van der Waals surface area contributed by atoms with Gasteiger partial charge in [-0.15, -0.1) is 0 Å². The van der Waals surface area contributed by atoms with E-state index in [1.54, 1.807) is 38.5 Å². The van der Waals surface area contributed by atoms with Crippen molar-refractivity contribution in [3.8, 4) is 17.2 Å². The minimum absolute atomic E-state index is 0.148. The fraction of sp³-hybridized carbons (Fsp3) is 0.222. The lowest BCUT2D eigenvalue weighted by Crippen LogP contribution is -2.19. The van der Waals surface area contributed by atoms with E-state index in [0.717, 1.165) is 14.7 Å². The zero-order valence-corrected chi connectivity index (χ0v) is 16.3. The molecule has 0 unspecified atom stereocenters. The molecule has 0 atom stereocenters. The smallest absolute Gasteiger partial charge is 0.244 e. The minimum Gasteiger partial charge on any atom is -0.507 e. The number of aryl methyl sites for hydroxylation is 1. The largest absolute Gasteiger partial charge is 0.507 e. The third-order valence-electron chi connectivity index (χ3n) is 3.50. The molecule has 2 N–H and O–H groups in total. The molecule has 0 aliphatic heterocycles. The van der Waals surface area contributed by atoms with Gasteiger partial charge in [0.2, 0.25) is 5.91 Å². The van der Waals surface area contributed by atoms with Crippen LogP contribution in [0.15, 0.2) is 35.4 Å². The number of phenolic OH excluding ortho intramolecular Hbond substituents is 1.